The number of nitrogens with zero attached hydrogens (tertiary/aromatic N) is 5. The average molecular weight is 452 g/mol. The highest BCUT2D eigenvalue weighted by Crippen LogP contribution is 2.38. The quantitative estimate of drug-likeness (QED) is 0.657. The minimum Gasteiger partial charge on any atom is -0.346 e. The van der Waals surface area contributed by atoms with Gasteiger partial charge >= 0.3 is 0 Å². The van der Waals surface area contributed by atoms with Crippen molar-refractivity contribution in [3.63, 3.8) is 0 Å². The van der Waals surface area contributed by atoms with Crippen LogP contribution in [-0.4, -0.2) is 51.3 Å². The molecule has 0 spiro atoms. The number of aliphatic imine (C=N–C) groups is 1. The molecule has 0 radical (unpaired) electrons. The molecule has 1 aromatic carbocycles. The van der Waals surface area contributed by atoms with Gasteiger partial charge in [0.2, 0.25) is 0 Å². The fourth-order valence-corrected chi connectivity index (χ4v) is 5.09. The smallest absolute Gasteiger partial charge is 0.133 e. The standard InChI is InChI=1S/C24H23F3N6/c25-16-1-2-21(27)19(6-16)23-7-17(26)13-32(23)24-20-5-14(8-29-22(20)11-30-24)15-9-31-33(12-15)18-3-4-28-10-18/h1-2,5-6,8-9,12,17-18,23,28H,3-4,7,10-11,13H2/t17-,18+,23+/m0/s1. The number of hydrogen-bond acceptors (Lipinski definition) is 5. The second-order valence-corrected chi connectivity index (χ2v) is 8.88. The summed E-state index contributed by atoms with van der Waals surface area (Å²) in [5.41, 5.74) is 3.59. The van der Waals surface area contributed by atoms with Crippen molar-refractivity contribution in [3.8, 4) is 11.1 Å². The number of pyridine rings is 1. The minimum atomic E-state index is -1.15. The van der Waals surface area contributed by atoms with Crippen LogP contribution in [0.1, 0.15) is 41.7 Å². The zero-order valence-corrected chi connectivity index (χ0v) is 17.9. The largest absolute Gasteiger partial charge is 0.346 e. The molecule has 6 rings (SSSR count). The summed E-state index contributed by atoms with van der Waals surface area (Å²) >= 11 is 0. The van der Waals surface area contributed by atoms with E-state index in [4.69, 9.17) is 0 Å². The van der Waals surface area contributed by atoms with E-state index in [1.165, 1.54) is 0 Å². The Morgan fingerprint density at radius 1 is 1.09 bits per heavy atom. The van der Waals surface area contributed by atoms with Gasteiger partial charge in [0.05, 0.1) is 37.1 Å². The number of likely N-dealkylation sites (tertiary alicyclic amines) is 1. The van der Waals surface area contributed by atoms with Gasteiger partial charge in [-0.3, -0.25) is 14.7 Å². The molecule has 0 unspecified atom stereocenters. The predicted molar refractivity (Wildman–Crippen MR) is 118 cm³/mol. The summed E-state index contributed by atoms with van der Waals surface area (Å²) < 4.78 is 44.9. The summed E-state index contributed by atoms with van der Waals surface area (Å²) in [6.45, 7) is 2.34. The second-order valence-electron chi connectivity index (χ2n) is 8.88. The van der Waals surface area contributed by atoms with Crippen LogP contribution in [0.3, 0.4) is 0 Å². The van der Waals surface area contributed by atoms with E-state index >= 15 is 0 Å². The Kier molecular flexibility index (Phi) is 4.94. The van der Waals surface area contributed by atoms with E-state index in [0.29, 0.717) is 18.4 Å². The van der Waals surface area contributed by atoms with Crippen LogP contribution in [0.5, 0.6) is 0 Å². The Morgan fingerprint density at radius 3 is 2.85 bits per heavy atom. The molecule has 0 amide bonds. The zero-order chi connectivity index (χ0) is 22.5. The summed E-state index contributed by atoms with van der Waals surface area (Å²) in [5, 5.41) is 7.87. The van der Waals surface area contributed by atoms with Gasteiger partial charge in [0.1, 0.15) is 23.6 Å². The SMILES string of the molecule is Fc1ccc(F)c([C@H]2C[C@H](F)CN2C2=NCc3ncc(-c4cnn([C@@H]5CCNC5)c4)cc32)c1. The van der Waals surface area contributed by atoms with Gasteiger partial charge in [-0.1, -0.05) is 0 Å². The molecule has 0 bridgehead atoms. The number of aromatic nitrogens is 3. The molecule has 170 valence electrons. The first-order valence-electron chi connectivity index (χ1n) is 11.2. The molecule has 6 nitrogen and oxygen atoms in total. The second kappa shape index (κ2) is 7.98. The van der Waals surface area contributed by atoms with Crippen molar-refractivity contribution in [3.05, 3.63) is 71.3 Å². The lowest BCUT2D eigenvalue weighted by Crippen LogP contribution is -2.32. The highest BCUT2D eigenvalue weighted by molar-refractivity contribution is 6.02. The summed E-state index contributed by atoms with van der Waals surface area (Å²) in [7, 11) is 0. The molecule has 3 aliphatic rings. The number of fused-ring (bicyclic) bond motifs is 1. The summed E-state index contributed by atoms with van der Waals surface area (Å²) in [6, 6.07) is 5.03. The third kappa shape index (κ3) is 3.60. The number of rotatable bonds is 3. The van der Waals surface area contributed by atoms with Crippen molar-refractivity contribution < 1.29 is 13.2 Å². The zero-order valence-electron chi connectivity index (χ0n) is 17.9. The lowest BCUT2D eigenvalue weighted by Gasteiger charge is -2.27. The number of halogens is 3. The van der Waals surface area contributed by atoms with Gasteiger partial charge in [0.15, 0.2) is 0 Å². The van der Waals surface area contributed by atoms with Gasteiger partial charge in [-0.25, -0.2) is 13.2 Å². The number of hydrogen-bond donors (Lipinski definition) is 1. The van der Waals surface area contributed by atoms with E-state index in [9.17, 15) is 13.2 Å². The third-order valence-electron chi connectivity index (χ3n) is 6.77. The van der Waals surface area contributed by atoms with Gasteiger partial charge in [-0.05, 0) is 37.2 Å². The van der Waals surface area contributed by atoms with Crippen molar-refractivity contribution in [1.29, 1.82) is 0 Å². The van der Waals surface area contributed by atoms with Gasteiger partial charge in [0.25, 0.3) is 0 Å². The Hall–Kier alpha value is -3.20. The van der Waals surface area contributed by atoms with Crippen LogP contribution < -0.4 is 5.32 Å². The van der Waals surface area contributed by atoms with Crippen LogP contribution in [0.2, 0.25) is 0 Å². The van der Waals surface area contributed by atoms with Crippen molar-refractivity contribution in [2.75, 3.05) is 19.6 Å². The lowest BCUT2D eigenvalue weighted by molar-refractivity contribution is 0.341. The van der Waals surface area contributed by atoms with Crippen LogP contribution in [0.15, 0.2) is 47.8 Å². The summed E-state index contributed by atoms with van der Waals surface area (Å²) in [4.78, 5) is 11.0. The Labute approximate surface area is 189 Å². The number of amidine groups is 1. The first-order chi connectivity index (χ1) is 16.1. The molecule has 2 aromatic heterocycles. The van der Waals surface area contributed by atoms with Gasteiger partial charge in [-0.2, -0.15) is 5.10 Å². The molecule has 3 aliphatic heterocycles. The number of alkyl halides is 1. The summed E-state index contributed by atoms with van der Waals surface area (Å²) in [6.07, 6.45) is 5.62. The number of benzene rings is 1. The maximum Gasteiger partial charge on any atom is 0.133 e. The maximum atomic E-state index is 14.5. The third-order valence-corrected chi connectivity index (χ3v) is 6.77. The predicted octanol–water partition coefficient (Wildman–Crippen LogP) is 3.80. The topological polar surface area (TPSA) is 58.3 Å². The fraction of sp³-hybridized carbons (Fsp3) is 0.375. The van der Waals surface area contributed by atoms with Crippen molar-refractivity contribution >= 4 is 5.84 Å². The minimum absolute atomic E-state index is 0.0791. The van der Waals surface area contributed by atoms with Crippen LogP contribution in [-0.2, 0) is 6.54 Å². The van der Waals surface area contributed by atoms with Crippen LogP contribution in [0.25, 0.3) is 11.1 Å². The van der Waals surface area contributed by atoms with E-state index in [1.807, 2.05) is 23.1 Å². The van der Waals surface area contributed by atoms with Crippen molar-refractivity contribution in [1.82, 2.24) is 25.0 Å². The van der Waals surface area contributed by atoms with E-state index in [-0.39, 0.29) is 18.5 Å². The monoisotopic (exact) mass is 452 g/mol. The van der Waals surface area contributed by atoms with E-state index in [1.54, 1.807) is 11.1 Å². The molecular formula is C24H23F3N6. The maximum absolute atomic E-state index is 14.5. The highest BCUT2D eigenvalue weighted by Gasteiger charge is 2.39. The number of nitrogens with one attached hydrogen (secondary N) is 1. The fourth-order valence-electron chi connectivity index (χ4n) is 5.09. The van der Waals surface area contributed by atoms with E-state index < -0.39 is 23.8 Å². The molecule has 0 saturated carbocycles. The highest BCUT2D eigenvalue weighted by atomic mass is 19.1. The Bertz CT molecular complexity index is 1230. The van der Waals surface area contributed by atoms with Gasteiger partial charge in [0, 0.05) is 47.6 Å². The van der Waals surface area contributed by atoms with Gasteiger partial charge < -0.3 is 10.2 Å². The van der Waals surface area contributed by atoms with Crippen LogP contribution in [0, 0.1) is 11.6 Å². The molecule has 33 heavy (non-hydrogen) atoms. The summed E-state index contributed by atoms with van der Waals surface area (Å²) in [5.74, 6) is -0.499. The lowest BCUT2D eigenvalue weighted by atomic mass is 10.0. The first kappa shape index (κ1) is 20.4. The molecule has 3 aromatic rings. The molecule has 5 heterocycles. The normalized spacial score (nSPS) is 24.4. The molecule has 0 aliphatic carbocycles. The first-order valence-corrected chi connectivity index (χ1v) is 11.2. The van der Waals surface area contributed by atoms with Crippen LogP contribution >= 0.6 is 0 Å². The molecule has 9 heteroatoms. The van der Waals surface area contributed by atoms with Crippen molar-refractivity contribution in [2.24, 2.45) is 4.99 Å². The molecule has 1 N–H and O–H groups in total. The van der Waals surface area contributed by atoms with Crippen molar-refractivity contribution in [2.45, 2.75) is 37.6 Å². The van der Waals surface area contributed by atoms with Crippen LogP contribution in [0.4, 0.5) is 13.2 Å². The molecule has 3 atom stereocenters. The molecule has 2 saturated heterocycles. The Morgan fingerprint density at radius 2 is 2.00 bits per heavy atom. The average Bonchev–Trinajstić information content (AvgIpc) is 3.60. The molecule has 2 fully saturated rings. The van der Waals surface area contributed by atoms with Gasteiger partial charge in [-0.15, -0.1) is 0 Å². The van der Waals surface area contributed by atoms with E-state index in [2.05, 4.69) is 20.4 Å². The molecular weight excluding hydrogens is 429 g/mol. The van der Waals surface area contributed by atoms with E-state index in [0.717, 1.165) is 60.1 Å². The Balaban J connectivity index is 1.33.